The molecule has 0 radical (unpaired) electrons. The third kappa shape index (κ3) is 4.31. The number of benzene rings is 1. The lowest BCUT2D eigenvalue weighted by Gasteiger charge is -2.15. The molecule has 0 aliphatic heterocycles. The van der Waals surface area contributed by atoms with Crippen molar-refractivity contribution in [3.8, 4) is 11.8 Å². The van der Waals surface area contributed by atoms with Gasteiger partial charge in [0, 0.05) is 18.0 Å². The minimum absolute atomic E-state index is 0.00444. The predicted molar refractivity (Wildman–Crippen MR) is 82.3 cm³/mol. The molecule has 1 atom stereocenters. The maximum atomic E-state index is 12.5. The van der Waals surface area contributed by atoms with Crippen molar-refractivity contribution in [2.45, 2.75) is 44.0 Å². The molecule has 0 saturated heterocycles. The highest BCUT2D eigenvalue weighted by molar-refractivity contribution is 7.89. The van der Waals surface area contributed by atoms with Gasteiger partial charge >= 0.3 is 0 Å². The van der Waals surface area contributed by atoms with Crippen molar-refractivity contribution in [2.24, 2.45) is 5.92 Å². The van der Waals surface area contributed by atoms with Crippen LogP contribution in [0.3, 0.4) is 0 Å². The Balaban J connectivity index is 2.24. The Morgan fingerprint density at radius 1 is 1.43 bits per heavy atom. The van der Waals surface area contributed by atoms with E-state index in [0.717, 1.165) is 12.8 Å². The van der Waals surface area contributed by atoms with Crippen molar-refractivity contribution in [3.63, 3.8) is 0 Å². The molecule has 1 aliphatic carbocycles. The van der Waals surface area contributed by atoms with E-state index in [1.807, 2.05) is 6.92 Å². The maximum absolute atomic E-state index is 12.5. The molecular weight excluding hydrogens is 286 g/mol. The van der Waals surface area contributed by atoms with E-state index in [4.69, 9.17) is 5.11 Å². The second-order valence-electron chi connectivity index (χ2n) is 5.50. The molecule has 1 aromatic rings. The third-order valence-electron chi connectivity index (χ3n) is 3.62. The van der Waals surface area contributed by atoms with E-state index in [-0.39, 0.29) is 17.5 Å². The van der Waals surface area contributed by atoms with Gasteiger partial charge in [-0.1, -0.05) is 17.9 Å². The fourth-order valence-corrected chi connectivity index (χ4v) is 3.77. The van der Waals surface area contributed by atoms with Gasteiger partial charge in [-0.05, 0) is 50.3 Å². The van der Waals surface area contributed by atoms with Crippen molar-refractivity contribution >= 4 is 10.0 Å². The smallest absolute Gasteiger partial charge is 0.241 e. The Bertz CT molecular complexity index is 666. The third-order valence-corrected chi connectivity index (χ3v) is 5.32. The molecule has 1 saturated carbocycles. The van der Waals surface area contributed by atoms with E-state index in [0.29, 0.717) is 23.5 Å². The van der Waals surface area contributed by atoms with E-state index >= 15 is 0 Å². The molecule has 0 amide bonds. The number of nitrogens with one attached hydrogen (secondary N) is 1. The van der Waals surface area contributed by atoms with Gasteiger partial charge in [-0.3, -0.25) is 0 Å². The fraction of sp³-hybridized carbons (Fsp3) is 0.500. The zero-order valence-corrected chi connectivity index (χ0v) is 13.2. The molecule has 0 heterocycles. The molecule has 1 aromatic carbocycles. The maximum Gasteiger partial charge on any atom is 0.241 e. The molecule has 114 valence electrons. The van der Waals surface area contributed by atoms with E-state index in [1.54, 1.807) is 25.1 Å². The molecule has 2 N–H and O–H groups in total. The van der Waals surface area contributed by atoms with Gasteiger partial charge in [-0.2, -0.15) is 0 Å². The normalized spacial score (nSPS) is 16.1. The van der Waals surface area contributed by atoms with Crippen LogP contribution in [0, 0.1) is 24.7 Å². The highest BCUT2D eigenvalue weighted by Crippen LogP contribution is 2.33. The van der Waals surface area contributed by atoms with Gasteiger partial charge in [0.25, 0.3) is 0 Å². The Kier molecular flexibility index (Phi) is 5.04. The summed E-state index contributed by atoms with van der Waals surface area (Å²) in [5, 5.41) is 8.72. The van der Waals surface area contributed by atoms with Crippen LogP contribution < -0.4 is 4.72 Å². The zero-order chi connectivity index (χ0) is 15.5. The summed E-state index contributed by atoms with van der Waals surface area (Å²) in [5.41, 5.74) is 1.35. The molecule has 21 heavy (non-hydrogen) atoms. The number of aliphatic hydroxyl groups excluding tert-OH is 1. The van der Waals surface area contributed by atoms with Gasteiger partial charge in [-0.15, -0.1) is 0 Å². The van der Waals surface area contributed by atoms with Crippen LogP contribution >= 0.6 is 0 Å². The number of aliphatic hydroxyl groups is 1. The molecule has 2 rings (SSSR count). The summed E-state index contributed by atoms with van der Waals surface area (Å²) in [5.74, 6) is 6.14. The summed E-state index contributed by atoms with van der Waals surface area (Å²) >= 11 is 0. The first kappa shape index (κ1) is 16.0. The number of aryl methyl sites for hydroxylation is 1. The minimum Gasteiger partial charge on any atom is -0.395 e. The molecule has 1 fully saturated rings. The van der Waals surface area contributed by atoms with Crippen molar-refractivity contribution in [1.82, 2.24) is 4.72 Å². The highest BCUT2D eigenvalue weighted by atomic mass is 32.2. The second kappa shape index (κ2) is 6.61. The van der Waals surface area contributed by atoms with E-state index < -0.39 is 10.0 Å². The first-order chi connectivity index (χ1) is 9.94. The van der Waals surface area contributed by atoms with Crippen LogP contribution in [0.15, 0.2) is 23.1 Å². The molecule has 0 aromatic heterocycles. The number of hydrogen-bond acceptors (Lipinski definition) is 3. The van der Waals surface area contributed by atoms with Gasteiger partial charge < -0.3 is 5.11 Å². The predicted octanol–water partition coefficient (Wildman–Crippen LogP) is 1.81. The van der Waals surface area contributed by atoms with Crippen LogP contribution in [-0.4, -0.2) is 26.2 Å². The molecule has 1 aliphatic rings. The van der Waals surface area contributed by atoms with E-state index in [2.05, 4.69) is 16.6 Å². The molecule has 0 bridgehead atoms. The summed E-state index contributed by atoms with van der Waals surface area (Å²) in [4.78, 5) is 0.283. The highest BCUT2D eigenvalue weighted by Gasteiger charge is 2.31. The van der Waals surface area contributed by atoms with Gasteiger partial charge in [0.05, 0.1) is 11.5 Å². The van der Waals surface area contributed by atoms with Crippen LogP contribution in [0.4, 0.5) is 0 Å². The monoisotopic (exact) mass is 307 g/mol. The Labute approximate surface area is 126 Å². The lowest BCUT2D eigenvalue weighted by Crippen LogP contribution is -2.34. The summed E-state index contributed by atoms with van der Waals surface area (Å²) < 4.78 is 27.7. The summed E-state index contributed by atoms with van der Waals surface area (Å²) in [6.07, 6.45) is 2.57. The van der Waals surface area contributed by atoms with Crippen molar-refractivity contribution < 1.29 is 13.5 Å². The topological polar surface area (TPSA) is 66.4 Å². The van der Waals surface area contributed by atoms with E-state index in [9.17, 15) is 8.42 Å². The molecule has 4 nitrogen and oxygen atoms in total. The molecule has 1 unspecified atom stereocenters. The quantitative estimate of drug-likeness (QED) is 0.815. The largest absolute Gasteiger partial charge is 0.395 e. The van der Waals surface area contributed by atoms with Crippen molar-refractivity contribution in [2.75, 3.05) is 6.61 Å². The van der Waals surface area contributed by atoms with Gasteiger partial charge in [-0.25, -0.2) is 13.1 Å². The molecule has 5 heteroatoms. The van der Waals surface area contributed by atoms with E-state index in [1.165, 1.54) is 0 Å². The Morgan fingerprint density at radius 2 is 2.14 bits per heavy atom. The van der Waals surface area contributed by atoms with Gasteiger partial charge in [0.15, 0.2) is 0 Å². The Morgan fingerprint density at radius 3 is 2.76 bits per heavy atom. The van der Waals surface area contributed by atoms with Crippen LogP contribution in [0.25, 0.3) is 0 Å². The zero-order valence-electron chi connectivity index (χ0n) is 12.4. The average Bonchev–Trinajstić information content (AvgIpc) is 3.24. The van der Waals surface area contributed by atoms with Crippen LogP contribution in [0.5, 0.6) is 0 Å². The summed E-state index contributed by atoms with van der Waals surface area (Å²) in [7, 11) is -3.52. The summed E-state index contributed by atoms with van der Waals surface area (Å²) in [6.45, 7) is 3.70. The lowest BCUT2D eigenvalue weighted by molar-refractivity contribution is 0.305. The van der Waals surface area contributed by atoms with Crippen LogP contribution in [0.1, 0.15) is 37.3 Å². The number of sulfonamides is 1. The minimum atomic E-state index is -3.52. The molecule has 0 spiro atoms. The number of rotatable bonds is 5. The van der Waals surface area contributed by atoms with Gasteiger partial charge in [0.1, 0.15) is 0 Å². The van der Waals surface area contributed by atoms with Crippen LogP contribution in [0.2, 0.25) is 0 Å². The second-order valence-corrected chi connectivity index (χ2v) is 7.19. The Hall–Kier alpha value is -1.35. The first-order valence-electron chi connectivity index (χ1n) is 7.17. The standard InChI is InChI=1S/C16H21NO3S/c1-12-6-7-14(5-3-4-10-18)11-16(12)21(19,20)17-13(2)15-8-9-15/h6-7,11,13,15,17-18H,4,8-10H2,1-2H3. The van der Waals surface area contributed by atoms with Crippen molar-refractivity contribution in [1.29, 1.82) is 0 Å². The summed E-state index contributed by atoms with van der Waals surface area (Å²) in [6, 6.07) is 5.13. The number of hydrogen-bond donors (Lipinski definition) is 2. The first-order valence-corrected chi connectivity index (χ1v) is 8.65. The average molecular weight is 307 g/mol. The van der Waals surface area contributed by atoms with Gasteiger partial charge in [0.2, 0.25) is 10.0 Å². The lowest BCUT2D eigenvalue weighted by atomic mass is 10.1. The molecular formula is C16H21NO3S. The fourth-order valence-electron chi connectivity index (χ4n) is 2.19. The SMILES string of the molecule is Cc1ccc(C#CCCO)cc1S(=O)(=O)NC(C)C1CC1. The van der Waals surface area contributed by atoms with Crippen molar-refractivity contribution in [3.05, 3.63) is 29.3 Å². The van der Waals surface area contributed by atoms with Crippen LogP contribution in [-0.2, 0) is 10.0 Å².